The maximum Gasteiger partial charge on any atom is 0.216 e. The largest absolute Gasteiger partial charge is 0.493 e. The molecule has 0 atom stereocenters. The second-order valence-electron chi connectivity index (χ2n) is 3.57. The first kappa shape index (κ1) is 11.4. The quantitative estimate of drug-likeness (QED) is 0.762. The minimum absolute atomic E-state index is 0.389. The second kappa shape index (κ2) is 4.82. The summed E-state index contributed by atoms with van der Waals surface area (Å²) in [6, 6.07) is 8.34. The van der Waals surface area contributed by atoms with Gasteiger partial charge < -0.3 is 9.47 Å². The van der Waals surface area contributed by atoms with Crippen LogP contribution >= 0.6 is 0 Å². The number of hydrogen-bond donors (Lipinski definition) is 0. The van der Waals surface area contributed by atoms with E-state index in [0.717, 1.165) is 5.56 Å². The van der Waals surface area contributed by atoms with E-state index in [4.69, 9.17) is 9.47 Å². The Balaban J connectivity index is 2.29. The topological polar surface area (TPSA) is 31.4 Å². The first-order valence-corrected chi connectivity index (χ1v) is 5.13. The van der Waals surface area contributed by atoms with Crippen LogP contribution in [0.15, 0.2) is 36.5 Å². The highest BCUT2D eigenvalue weighted by Crippen LogP contribution is 2.31. The van der Waals surface area contributed by atoms with Crippen molar-refractivity contribution in [2.75, 3.05) is 7.11 Å². The Morgan fingerprint density at radius 1 is 1.12 bits per heavy atom. The van der Waals surface area contributed by atoms with E-state index in [-0.39, 0.29) is 0 Å². The van der Waals surface area contributed by atoms with Crippen LogP contribution in [-0.4, -0.2) is 12.1 Å². The molecule has 88 valence electrons. The average molecular weight is 233 g/mol. The van der Waals surface area contributed by atoms with Crippen molar-refractivity contribution < 1.29 is 13.9 Å². The molecule has 0 N–H and O–H groups in total. The number of halogens is 1. The molecule has 1 aromatic carbocycles. The van der Waals surface area contributed by atoms with E-state index >= 15 is 0 Å². The zero-order valence-corrected chi connectivity index (χ0v) is 9.61. The second-order valence-corrected chi connectivity index (χ2v) is 3.57. The molecule has 0 bridgehead atoms. The number of aromatic nitrogens is 1. The molecule has 0 unspecified atom stereocenters. The van der Waals surface area contributed by atoms with Crippen LogP contribution in [0.25, 0.3) is 0 Å². The Kier molecular flexibility index (Phi) is 3.23. The van der Waals surface area contributed by atoms with Gasteiger partial charge in [0.1, 0.15) is 5.75 Å². The molecule has 0 aliphatic carbocycles. The lowest BCUT2D eigenvalue weighted by molar-refractivity contribution is 0.377. The van der Waals surface area contributed by atoms with E-state index in [2.05, 4.69) is 4.98 Å². The highest BCUT2D eigenvalue weighted by Gasteiger charge is 2.06. The van der Waals surface area contributed by atoms with E-state index in [1.165, 1.54) is 12.3 Å². The summed E-state index contributed by atoms with van der Waals surface area (Å²) in [5.74, 6) is 0.971. The normalized spacial score (nSPS) is 10.1. The SMILES string of the molecule is COc1cc(C)ccc1Oc1ccnc(F)c1. The maximum absolute atomic E-state index is 12.9. The molecule has 0 saturated carbocycles. The minimum Gasteiger partial charge on any atom is -0.493 e. The molecule has 2 aromatic rings. The van der Waals surface area contributed by atoms with E-state index in [1.54, 1.807) is 19.2 Å². The molecule has 1 aromatic heterocycles. The highest BCUT2D eigenvalue weighted by molar-refractivity contribution is 5.44. The van der Waals surface area contributed by atoms with E-state index < -0.39 is 5.95 Å². The lowest BCUT2D eigenvalue weighted by Gasteiger charge is -2.10. The summed E-state index contributed by atoms with van der Waals surface area (Å²) in [7, 11) is 1.56. The van der Waals surface area contributed by atoms with Crippen LogP contribution in [0.1, 0.15) is 5.56 Å². The molecule has 3 nitrogen and oxygen atoms in total. The van der Waals surface area contributed by atoms with Gasteiger partial charge in [0.15, 0.2) is 11.5 Å². The summed E-state index contributed by atoms with van der Waals surface area (Å²) < 4.78 is 23.6. The minimum atomic E-state index is -0.575. The van der Waals surface area contributed by atoms with Crippen molar-refractivity contribution in [3.8, 4) is 17.2 Å². The molecule has 0 aliphatic rings. The molecule has 17 heavy (non-hydrogen) atoms. The number of benzene rings is 1. The predicted octanol–water partition coefficient (Wildman–Crippen LogP) is 3.33. The van der Waals surface area contributed by atoms with Crippen LogP contribution < -0.4 is 9.47 Å². The molecule has 0 amide bonds. The molecule has 0 radical (unpaired) electrons. The fourth-order valence-corrected chi connectivity index (χ4v) is 1.43. The van der Waals surface area contributed by atoms with Crippen molar-refractivity contribution in [2.24, 2.45) is 0 Å². The van der Waals surface area contributed by atoms with Gasteiger partial charge in [-0.05, 0) is 30.7 Å². The fraction of sp³-hybridized carbons (Fsp3) is 0.154. The summed E-state index contributed by atoms with van der Waals surface area (Å²) in [6.07, 6.45) is 1.35. The van der Waals surface area contributed by atoms with Crippen molar-refractivity contribution in [1.82, 2.24) is 4.98 Å². The lowest BCUT2D eigenvalue weighted by atomic mass is 10.2. The number of ether oxygens (including phenoxy) is 2. The third-order valence-electron chi connectivity index (χ3n) is 2.24. The number of nitrogens with zero attached hydrogens (tertiary/aromatic N) is 1. The highest BCUT2D eigenvalue weighted by atomic mass is 19.1. The Morgan fingerprint density at radius 3 is 2.65 bits per heavy atom. The average Bonchev–Trinajstić information content (AvgIpc) is 2.31. The van der Waals surface area contributed by atoms with Crippen molar-refractivity contribution in [3.63, 3.8) is 0 Å². The molecule has 0 fully saturated rings. The molecule has 0 aliphatic heterocycles. The number of pyridine rings is 1. The number of hydrogen-bond acceptors (Lipinski definition) is 3. The van der Waals surface area contributed by atoms with E-state index in [0.29, 0.717) is 17.2 Å². The third-order valence-corrected chi connectivity index (χ3v) is 2.24. The van der Waals surface area contributed by atoms with Gasteiger partial charge in [0, 0.05) is 12.3 Å². The molecule has 0 saturated heterocycles. The zero-order chi connectivity index (χ0) is 12.3. The number of aryl methyl sites for hydroxylation is 1. The summed E-state index contributed by atoms with van der Waals surface area (Å²) in [5, 5.41) is 0. The van der Waals surface area contributed by atoms with Crippen LogP contribution in [-0.2, 0) is 0 Å². The van der Waals surface area contributed by atoms with Gasteiger partial charge in [0.05, 0.1) is 7.11 Å². The smallest absolute Gasteiger partial charge is 0.216 e. The zero-order valence-electron chi connectivity index (χ0n) is 9.61. The molecule has 0 spiro atoms. The van der Waals surface area contributed by atoms with Crippen LogP contribution in [0.3, 0.4) is 0 Å². The van der Waals surface area contributed by atoms with Gasteiger partial charge >= 0.3 is 0 Å². The summed E-state index contributed by atoms with van der Waals surface area (Å²) in [5.41, 5.74) is 1.06. The van der Waals surface area contributed by atoms with Crippen molar-refractivity contribution in [2.45, 2.75) is 6.92 Å². The Labute approximate surface area is 98.8 Å². The van der Waals surface area contributed by atoms with Gasteiger partial charge in [-0.15, -0.1) is 0 Å². The Bertz CT molecular complexity index is 529. The molecular weight excluding hydrogens is 221 g/mol. The fourth-order valence-electron chi connectivity index (χ4n) is 1.43. The Hall–Kier alpha value is -2.10. The molecular formula is C13H12FNO2. The van der Waals surface area contributed by atoms with Crippen molar-refractivity contribution >= 4 is 0 Å². The number of methoxy groups -OCH3 is 1. The van der Waals surface area contributed by atoms with Gasteiger partial charge in [0.2, 0.25) is 5.95 Å². The number of rotatable bonds is 3. The first-order valence-electron chi connectivity index (χ1n) is 5.13. The van der Waals surface area contributed by atoms with Crippen LogP contribution in [0.2, 0.25) is 0 Å². The monoisotopic (exact) mass is 233 g/mol. The summed E-state index contributed by atoms with van der Waals surface area (Å²) in [4.78, 5) is 3.46. The predicted molar refractivity (Wildman–Crippen MR) is 62.0 cm³/mol. The van der Waals surface area contributed by atoms with Gasteiger partial charge in [-0.2, -0.15) is 4.39 Å². The van der Waals surface area contributed by atoms with Gasteiger partial charge in [-0.25, -0.2) is 4.98 Å². The van der Waals surface area contributed by atoms with Gasteiger partial charge in [0.25, 0.3) is 0 Å². The third kappa shape index (κ3) is 2.72. The first-order chi connectivity index (χ1) is 8.19. The van der Waals surface area contributed by atoms with Gasteiger partial charge in [-0.1, -0.05) is 6.07 Å². The van der Waals surface area contributed by atoms with Crippen LogP contribution in [0.4, 0.5) is 4.39 Å². The Morgan fingerprint density at radius 2 is 1.94 bits per heavy atom. The van der Waals surface area contributed by atoms with Crippen molar-refractivity contribution in [1.29, 1.82) is 0 Å². The van der Waals surface area contributed by atoms with Crippen LogP contribution in [0.5, 0.6) is 17.2 Å². The van der Waals surface area contributed by atoms with Crippen molar-refractivity contribution in [3.05, 3.63) is 48.0 Å². The summed E-state index contributed by atoms with van der Waals surface area (Å²) in [6.45, 7) is 1.96. The van der Waals surface area contributed by atoms with Crippen LogP contribution in [0, 0.1) is 12.9 Å². The standard InChI is InChI=1S/C13H12FNO2/c1-9-3-4-11(12(7-9)16-2)17-10-5-6-15-13(14)8-10/h3-8H,1-2H3. The molecule has 1 heterocycles. The van der Waals surface area contributed by atoms with E-state index in [9.17, 15) is 4.39 Å². The van der Waals surface area contributed by atoms with E-state index in [1.807, 2.05) is 19.1 Å². The lowest BCUT2D eigenvalue weighted by Crippen LogP contribution is -1.92. The summed E-state index contributed by atoms with van der Waals surface area (Å²) >= 11 is 0. The van der Waals surface area contributed by atoms with Gasteiger partial charge in [-0.3, -0.25) is 0 Å². The maximum atomic E-state index is 12.9. The molecule has 4 heteroatoms. The molecule has 2 rings (SSSR count).